The van der Waals surface area contributed by atoms with Gasteiger partial charge in [-0.25, -0.2) is 9.78 Å². The average molecular weight is 443 g/mol. The normalized spacial score (nSPS) is 11.0. The lowest BCUT2D eigenvalue weighted by molar-refractivity contribution is -0.119. The van der Waals surface area contributed by atoms with Gasteiger partial charge in [0.05, 0.1) is 11.7 Å². The molecular formula is C22H26N4O4S. The number of amides is 1. The molecule has 3 aromatic rings. The Kier molecular flexibility index (Phi) is 6.74. The van der Waals surface area contributed by atoms with Crippen molar-refractivity contribution in [2.24, 2.45) is 7.05 Å². The highest BCUT2D eigenvalue weighted by Crippen LogP contribution is 2.27. The molecule has 0 aliphatic carbocycles. The third kappa shape index (κ3) is 4.77. The topological polar surface area (TPSA) is 93.5 Å². The minimum atomic E-state index is -0.649. The molecule has 31 heavy (non-hydrogen) atoms. The van der Waals surface area contributed by atoms with Gasteiger partial charge in [0.2, 0.25) is 0 Å². The molecule has 0 bridgehead atoms. The predicted molar refractivity (Wildman–Crippen MR) is 123 cm³/mol. The highest BCUT2D eigenvalue weighted by atomic mass is 32.1. The zero-order valence-electron chi connectivity index (χ0n) is 18.3. The van der Waals surface area contributed by atoms with Gasteiger partial charge < -0.3 is 19.5 Å². The number of fused-ring (bicyclic) bond motifs is 1. The van der Waals surface area contributed by atoms with Crippen LogP contribution < -0.4 is 15.8 Å². The first-order valence-corrected chi connectivity index (χ1v) is 10.8. The highest BCUT2D eigenvalue weighted by molar-refractivity contribution is 7.20. The lowest BCUT2D eigenvalue weighted by atomic mass is 10.2. The predicted octanol–water partition coefficient (Wildman–Crippen LogP) is 3.33. The minimum Gasteiger partial charge on any atom is -0.451 e. The molecule has 164 valence electrons. The van der Waals surface area contributed by atoms with E-state index in [0.29, 0.717) is 27.5 Å². The summed E-state index contributed by atoms with van der Waals surface area (Å²) in [7, 11) is 1.60. The number of benzene rings is 1. The van der Waals surface area contributed by atoms with E-state index in [1.165, 1.54) is 10.9 Å². The zero-order valence-corrected chi connectivity index (χ0v) is 19.1. The second-order valence-corrected chi connectivity index (χ2v) is 8.45. The van der Waals surface area contributed by atoms with Crippen molar-refractivity contribution in [2.75, 3.05) is 23.4 Å². The Hall–Kier alpha value is -3.20. The maximum absolute atomic E-state index is 12.5. The van der Waals surface area contributed by atoms with Crippen LogP contribution in [-0.2, 0) is 16.6 Å². The van der Waals surface area contributed by atoms with E-state index in [2.05, 4.69) is 36.0 Å². The van der Waals surface area contributed by atoms with Crippen molar-refractivity contribution in [3.05, 3.63) is 51.4 Å². The molecule has 1 amide bonds. The Bertz CT molecular complexity index is 1160. The van der Waals surface area contributed by atoms with Gasteiger partial charge in [-0.2, -0.15) is 0 Å². The number of carbonyl (C=O) groups is 2. The SMILES string of the molecule is CCN(c1ccc(NC(=O)COC(=O)c2sc3ncn(C)c(=O)c3c2C)cc1)C(C)C. The number of nitrogens with one attached hydrogen (secondary N) is 1. The van der Waals surface area contributed by atoms with Crippen LogP contribution in [0.25, 0.3) is 10.2 Å². The van der Waals surface area contributed by atoms with Crippen molar-refractivity contribution in [2.45, 2.75) is 33.7 Å². The Morgan fingerprint density at radius 2 is 1.94 bits per heavy atom. The lowest BCUT2D eigenvalue weighted by Gasteiger charge is -2.27. The third-order valence-electron chi connectivity index (χ3n) is 4.98. The van der Waals surface area contributed by atoms with Crippen LogP contribution in [0.1, 0.15) is 36.0 Å². The first-order valence-electron chi connectivity index (χ1n) is 10.0. The number of rotatable bonds is 7. The fourth-order valence-corrected chi connectivity index (χ4v) is 4.41. The van der Waals surface area contributed by atoms with Crippen LogP contribution in [0.4, 0.5) is 11.4 Å². The Labute approximate surface area is 184 Å². The van der Waals surface area contributed by atoms with Crippen LogP contribution in [0.3, 0.4) is 0 Å². The molecule has 0 saturated heterocycles. The van der Waals surface area contributed by atoms with Gasteiger partial charge in [-0.15, -0.1) is 11.3 Å². The van der Waals surface area contributed by atoms with Crippen molar-refractivity contribution >= 4 is 44.8 Å². The van der Waals surface area contributed by atoms with Crippen molar-refractivity contribution in [1.29, 1.82) is 0 Å². The van der Waals surface area contributed by atoms with Crippen molar-refractivity contribution in [3.63, 3.8) is 0 Å². The van der Waals surface area contributed by atoms with Crippen LogP contribution >= 0.6 is 11.3 Å². The minimum absolute atomic E-state index is 0.224. The van der Waals surface area contributed by atoms with E-state index in [9.17, 15) is 14.4 Å². The van der Waals surface area contributed by atoms with Crippen LogP contribution in [0, 0.1) is 6.92 Å². The Morgan fingerprint density at radius 3 is 2.55 bits per heavy atom. The van der Waals surface area contributed by atoms with E-state index in [1.54, 1.807) is 14.0 Å². The molecule has 2 aromatic heterocycles. The summed E-state index contributed by atoms with van der Waals surface area (Å²) in [6, 6.07) is 7.89. The van der Waals surface area contributed by atoms with Crippen LogP contribution in [-0.4, -0.2) is 40.6 Å². The monoisotopic (exact) mass is 442 g/mol. The Morgan fingerprint density at radius 1 is 1.26 bits per heavy atom. The number of hydrogen-bond donors (Lipinski definition) is 1. The summed E-state index contributed by atoms with van der Waals surface area (Å²) in [5.41, 5.74) is 1.98. The number of thiophene rings is 1. The van der Waals surface area contributed by atoms with Crippen molar-refractivity contribution < 1.29 is 14.3 Å². The van der Waals surface area contributed by atoms with Gasteiger partial charge in [0.15, 0.2) is 6.61 Å². The zero-order chi connectivity index (χ0) is 22.7. The molecule has 0 aliphatic rings. The van der Waals surface area contributed by atoms with E-state index in [0.717, 1.165) is 23.6 Å². The summed E-state index contributed by atoms with van der Waals surface area (Å²) in [6.07, 6.45) is 1.41. The van der Waals surface area contributed by atoms with Gasteiger partial charge in [0, 0.05) is 31.0 Å². The van der Waals surface area contributed by atoms with E-state index < -0.39 is 18.5 Å². The van der Waals surface area contributed by atoms with E-state index in [-0.39, 0.29) is 10.4 Å². The number of esters is 1. The number of aromatic nitrogens is 2. The Balaban J connectivity index is 1.63. The molecule has 2 heterocycles. The van der Waals surface area contributed by atoms with Gasteiger partial charge in [-0.05, 0) is 57.5 Å². The summed E-state index contributed by atoms with van der Waals surface area (Å²) in [6.45, 7) is 8.48. The summed E-state index contributed by atoms with van der Waals surface area (Å²) >= 11 is 1.08. The van der Waals surface area contributed by atoms with Gasteiger partial charge in [0.25, 0.3) is 11.5 Å². The average Bonchev–Trinajstić information content (AvgIpc) is 3.07. The summed E-state index contributed by atoms with van der Waals surface area (Å²) < 4.78 is 6.53. The maximum Gasteiger partial charge on any atom is 0.349 e. The van der Waals surface area contributed by atoms with Crippen molar-refractivity contribution in [3.8, 4) is 0 Å². The third-order valence-corrected chi connectivity index (χ3v) is 6.16. The first kappa shape index (κ1) is 22.5. The van der Waals surface area contributed by atoms with Gasteiger partial charge in [0.1, 0.15) is 9.71 Å². The largest absolute Gasteiger partial charge is 0.451 e. The van der Waals surface area contributed by atoms with Crippen LogP contribution in [0.2, 0.25) is 0 Å². The smallest absolute Gasteiger partial charge is 0.349 e. The molecule has 3 rings (SSSR count). The lowest BCUT2D eigenvalue weighted by Crippen LogP contribution is -2.30. The molecular weight excluding hydrogens is 416 g/mol. The molecule has 0 spiro atoms. The standard InChI is InChI=1S/C22H26N4O4S/c1-6-26(13(2)3)16-9-7-15(8-10-16)24-17(27)11-30-22(29)19-14(4)18-20(31-19)23-12-25(5)21(18)28/h7-10,12-13H,6,11H2,1-5H3,(H,24,27). The molecule has 0 atom stereocenters. The first-order chi connectivity index (χ1) is 14.7. The number of ether oxygens (including phenoxy) is 1. The highest BCUT2D eigenvalue weighted by Gasteiger charge is 2.21. The molecule has 0 saturated carbocycles. The number of nitrogens with zero attached hydrogens (tertiary/aromatic N) is 3. The second-order valence-electron chi connectivity index (χ2n) is 7.45. The van der Waals surface area contributed by atoms with E-state index in [4.69, 9.17) is 4.74 Å². The molecule has 9 heteroatoms. The number of hydrogen-bond acceptors (Lipinski definition) is 7. The number of aryl methyl sites for hydroxylation is 2. The van der Waals surface area contributed by atoms with Crippen LogP contribution in [0.5, 0.6) is 0 Å². The fourth-order valence-electron chi connectivity index (χ4n) is 3.38. The molecule has 0 fully saturated rings. The molecule has 0 unspecified atom stereocenters. The van der Waals surface area contributed by atoms with Crippen LogP contribution in [0.15, 0.2) is 35.4 Å². The molecule has 0 radical (unpaired) electrons. The van der Waals surface area contributed by atoms with Gasteiger partial charge >= 0.3 is 5.97 Å². The molecule has 1 N–H and O–H groups in total. The molecule has 0 aliphatic heterocycles. The maximum atomic E-state index is 12.5. The van der Waals surface area contributed by atoms with E-state index in [1.807, 2.05) is 24.3 Å². The quantitative estimate of drug-likeness (QED) is 0.564. The fraction of sp³-hybridized carbons (Fsp3) is 0.364. The molecule has 1 aromatic carbocycles. The van der Waals surface area contributed by atoms with Gasteiger partial charge in [-0.1, -0.05) is 0 Å². The number of carbonyl (C=O) groups excluding carboxylic acids is 2. The summed E-state index contributed by atoms with van der Waals surface area (Å²) in [4.78, 5) is 44.2. The summed E-state index contributed by atoms with van der Waals surface area (Å²) in [5, 5.41) is 3.12. The molecule has 8 nitrogen and oxygen atoms in total. The van der Waals surface area contributed by atoms with Crippen molar-refractivity contribution in [1.82, 2.24) is 9.55 Å². The van der Waals surface area contributed by atoms with E-state index >= 15 is 0 Å². The van der Waals surface area contributed by atoms with Gasteiger partial charge in [-0.3, -0.25) is 9.59 Å². The second kappa shape index (κ2) is 9.30. The number of anilines is 2. The summed E-state index contributed by atoms with van der Waals surface area (Å²) in [5.74, 6) is -1.09.